The fourth-order valence-corrected chi connectivity index (χ4v) is 2.60. The van der Waals surface area contributed by atoms with Crippen molar-refractivity contribution in [1.29, 1.82) is 0 Å². The number of rotatable bonds is 7. The molecule has 102 valence electrons. The van der Waals surface area contributed by atoms with Gasteiger partial charge in [-0.2, -0.15) is 0 Å². The Bertz CT molecular complexity index is 195. The van der Waals surface area contributed by atoms with Crippen LogP contribution in [-0.2, 0) is 0 Å². The minimum absolute atomic E-state index is 0.617. The summed E-state index contributed by atoms with van der Waals surface area (Å²) in [6.45, 7) is 14.3. The van der Waals surface area contributed by atoms with E-state index in [1.165, 1.54) is 51.7 Å². The smallest absolute Gasteiger partial charge is 0.0192 e. The molecule has 1 unspecified atom stereocenters. The second kappa shape index (κ2) is 7.38. The number of piperidine rings is 1. The predicted molar refractivity (Wildman–Crippen MR) is 76.4 cm³/mol. The van der Waals surface area contributed by atoms with Gasteiger partial charge in [0.05, 0.1) is 0 Å². The zero-order valence-electron chi connectivity index (χ0n) is 12.4. The summed E-state index contributed by atoms with van der Waals surface area (Å²) in [5.41, 5.74) is 0.617. The van der Waals surface area contributed by atoms with Gasteiger partial charge in [-0.1, -0.05) is 33.6 Å². The SMILES string of the molecule is CCCCNCC(C)N1CCC(C)(CC)CC1. The second-order valence-corrected chi connectivity index (χ2v) is 6.11. The van der Waals surface area contributed by atoms with E-state index in [0.717, 1.165) is 6.54 Å². The highest BCUT2D eigenvalue weighted by molar-refractivity contribution is 4.83. The zero-order valence-corrected chi connectivity index (χ0v) is 12.4. The number of nitrogens with one attached hydrogen (secondary N) is 1. The Morgan fingerprint density at radius 2 is 1.88 bits per heavy atom. The van der Waals surface area contributed by atoms with Crippen LogP contribution in [-0.4, -0.2) is 37.1 Å². The van der Waals surface area contributed by atoms with Crippen molar-refractivity contribution in [3.8, 4) is 0 Å². The maximum atomic E-state index is 3.58. The molecule has 1 N–H and O–H groups in total. The molecule has 1 saturated heterocycles. The molecule has 1 heterocycles. The lowest BCUT2D eigenvalue weighted by atomic mass is 9.78. The molecule has 1 rings (SSSR count). The van der Waals surface area contributed by atoms with E-state index >= 15 is 0 Å². The maximum absolute atomic E-state index is 3.58. The van der Waals surface area contributed by atoms with Crippen LogP contribution in [0.25, 0.3) is 0 Å². The van der Waals surface area contributed by atoms with Gasteiger partial charge in [0.15, 0.2) is 0 Å². The average Bonchev–Trinajstić information content (AvgIpc) is 2.35. The first-order chi connectivity index (χ1) is 8.11. The monoisotopic (exact) mass is 240 g/mol. The number of hydrogen-bond acceptors (Lipinski definition) is 2. The molecule has 0 aromatic carbocycles. The third-order valence-electron chi connectivity index (χ3n) is 4.63. The molecular weight excluding hydrogens is 208 g/mol. The lowest BCUT2D eigenvalue weighted by Gasteiger charge is -2.41. The Kier molecular flexibility index (Phi) is 6.50. The normalized spacial score (nSPS) is 22.6. The van der Waals surface area contributed by atoms with Gasteiger partial charge in [0.1, 0.15) is 0 Å². The van der Waals surface area contributed by atoms with Crippen LogP contribution in [0, 0.1) is 5.41 Å². The third kappa shape index (κ3) is 4.97. The fourth-order valence-electron chi connectivity index (χ4n) is 2.60. The molecule has 0 aliphatic carbocycles. The van der Waals surface area contributed by atoms with E-state index in [0.29, 0.717) is 11.5 Å². The molecule has 0 aromatic rings. The maximum Gasteiger partial charge on any atom is 0.0192 e. The average molecular weight is 240 g/mol. The van der Waals surface area contributed by atoms with Crippen LogP contribution < -0.4 is 5.32 Å². The Balaban J connectivity index is 2.19. The Morgan fingerprint density at radius 3 is 2.41 bits per heavy atom. The highest BCUT2D eigenvalue weighted by atomic mass is 15.2. The lowest BCUT2D eigenvalue weighted by Crippen LogP contribution is -2.46. The minimum atomic E-state index is 0.617. The largest absolute Gasteiger partial charge is 0.315 e. The number of hydrogen-bond donors (Lipinski definition) is 1. The first kappa shape index (κ1) is 15.0. The molecule has 1 atom stereocenters. The van der Waals surface area contributed by atoms with Crippen molar-refractivity contribution in [1.82, 2.24) is 10.2 Å². The molecular formula is C15H32N2. The van der Waals surface area contributed by atoms with Gasteiger partial charge in [0.2, 0.25) is 0 Å². The first-order valence-corrected chi connectivity index (χ1v) is 7.56. The Hall–Kier alpha value is -0.0800. The van der Waals surface area contributed by atoms with Gasteiger partial charge in [0.25, 0.3) is 0 Å². The summed E-state index contributed by atoms with van der Waals surface area (Å²) in [5.74, 6) is 0. The van der Waals surface area contributed by atoms with E-state index in [-0.39, 0.29) is 0 Å². The topological polar surface area (TPSA) is 15.3 Å². The highest BCUT2D eigenvalue weighted by Gasteiger charge is 2.29. The molecule has 0 saturated carbocycles. The molecule has 1 aliphatic heterocycles. The number of nitrogens with zero attached hydrogens (tertiary/aromatic N) is 1. The minimum Gasteiger partial charge on any atom is -0.315 e. The summed E-state index contributed by atoms with van der Waals surface area (Å²) in [6, 6.07) is 0.702. The molecule has 17 heavy (non-hydrogen) atoms. The molecule has 1 aliphatic rings. The summed E-state index contributed by atoms with van der Waals surface area (Å²) in [5, 5.41) is 3.58. The molecule has 0 aromatic heterocycles. The van der Waals surface area contributed by atoms with Crippen LogP contribution in [0.15, 0.2) is 0 Å². The van der Waals surface area contributed by atoms with Crippen LogP contribution in [0.4, 0.5) is 0 Å². The van der Waals surface area contributed by atoms with E-state index in [2.05, 4.69) is 37.9 Å². The van der Waals surface area contributed by atoms with E-state index in [4.69, 9.17) is 0 Å². The van der Waals surface area contributed by atoms with Crippen molar-refractivity contribution < 1.29 is 0 Å². The van der Waals surface area contributed by atoms with Gasteiger partial charge >= 0.3 is 0 Å². The third-order valence-corrected chi connectivity index (χ3v) is 4.63. The van der Waals surface area contributed by atoms with Gasteiger partial charge in [0, 0.05) is 12.6 Å². The van der Waals surface area contributed by atoms with Crippen molar-refractivity contribution >= 4 is 0 Å². The number of unbranched alkanes of at least 4 members (excludes halogenated alkanes) is 1. The zero-order chi connectivity index (χ0) is 12.7. The van der Waals surface area contributed by atoms with Crippen molar-refractivity contribution in [2.75, 3.05) is 26.2 Å². The van der Waals surface area contributed by atoms with Crippen molar-refractivity contribution in [3.05, 3.63) is 0 Å². The molecule has 2 nitrogen and oxygen atoms in total. The van der Waals surface area contributed by atoms with Gasteiger partial charge < -0.3 is 5.32 Å². The van der Waals surface area contributed by atoms with Gasteiger partial charge in [-0.3, -0.25) is 4.90 Å². The Morgan fingerprint density at radius 1 is 1.24 bits per heavy atom. The summed E-state index contributed by atoms with van der Waals surface area (Å²) in [6.07, 6.45) is 6.69. The van der Waals surface area contributed by atoms with Crippen LogP contribution in [0.5, 0.6) is 0 Å². The van der Waals surface area contributed by atoms with Crippen LogP contribution >= 0.6 is 0 Å². The fraction of sp³-hybridized carbons (Fsp3) is 1.00. The highest BCUT2D eigenvalue weighted by Crippen LogP contribution is 2.34. The van der Waals surface area contributed by atoms with E-state index in [1.54, 1.807) is 0 Å². The van der Waals surface area contributed by atoms with E-state index in [1.807, 2.05) is 0 Å². The Labute approximate surface area is 108 Å². The van der Waals surface area contributed by atoms with Crippen LogP contribution in [0.2, 0.25) is 0 Å². The van der Waals surface area contributed by atoms with Crippen LogP contribution in [0.1, 0.15) is 59.8 Å². The van der Waals surface area contributed by atoms with Crippen molar-refractivity contribution in [2.24, 2.45) is 5.41 Å². The summed E-state index contributed by atoms with van der Waals surface area (Å²) in [7, 11) is 0. The molecule has 0 bridgehead atoms. The predicted octanol–water partition coefficient (Wildman–Crippen LogP) is 3.28. The molecule has 0 radical (unpaired) electrons. The van der Waals surface area contributed by atoms with E-state index in [9.17, 15) is 0 Å². The van der Waals surface area contributed by atoms with E-state index < -0.39 is 0 Å². The molecule has 0 spiro atoms. The standard InChI is InChI=1S/C15H32N2/c1-5-7-10-16-13-14(3)17-11-8-15(4,6-2)9-12-17/h14,16H,5-13H2,1-4H3. The van der Waals surface area contributed by atoms with Crippen molar-refractivity contribution in [2.45, 2.75) is 65.8 Å². The summed E-state index contributed by atoms with van der Waals surface area (Å²) in [4.78, 5) is 2.66. The second-order valence-electron chi connectivity index (χ2n) is 6.11. The van der Waals surface area contributed by atoms with Crippen molar-refractivity contribution in [3.63, 3.8) is 0 Å². The number of likely N-dealkylation sites (tertiary alicyclic amines) is 1. The first-order valence-electron chi connectivity index (χ1n) is 7.56. The van der Waals surface area contributed by atoms with Crippen LogP contribution in [0.3, 0.4) is 0 Å². The lowest BCUT2D eigenvalue weighted by molar-refractivity contribution is 0.0861. The summed E-state index contributed by atoms with van der Waals surface area (Å²) < 4.78 is 0. The quantitative estimate of drug-likeness (QED) is 0.687. The van der Waals surface area contributed by atoms with Gasteiger partial charge in [-0.05, 0) is 51.2 Å². The summed E-state index contributed by atoms with van der Waals surface area (Å²) >= 11 is 0. The molecule has 0 amide bonds. The van der Waals surface area contributed by atoms with Gasteiger partial charge in [-0.25, -0.2) is 0 Å². The molecule has 1 fully saturated rings. The molecule has 2 heteroatoms. The van der Waals surface area contributed by atoms with Gasteiger partial charge in [-0.15, -0.1) is 0 Å².